The van der Waals surface area contributed by atoms with Crippen LogP contribution in [0.2, 0.25) is 5.02 Å². The third-order valence-electron chi connectivity index (χ3n) is 2.91. The number of nitrogens with one attached hydrogen (secondary N) is 1. The molecule has 0 spiro atoms. The summed E-state index contributed by atoms with van der Waals surface area (Å²) in [4.78, 5) is 4.34. The maximum absolute atomic E-state index is 6.01. The predicted molar refractivity (Wildman–Crippen MR) is 70.2 cm³/mol. The highest BCUT2D eigenvalue weighted by molar-refractivity contribution is 6.30. The van der Waals surface area contributed by atoms with Crippen molar-refractivity contribution < 1.29 is 0 Å². The molecule has 4 heteroatoms. The van der Waals surface area contributed by atoms with Gasteiger partial charge < -0.3 is 9.88 Å². The largest absolute Gasteiger partial charge is 0.338 e. The van der Waals surface area contributed by atoms with Crippen molar-refractivity contribution in [2.45, 2.75) is 12.5 Å². The van der Waals surface area contributed by atoms with Gasteiger partial charge in [0.25, 0.3) is 0 Å². The summed E-state index contributed by atoms with van der Waals surface area (Å²) in [6, 6.07) is 8.16. The molecule has 0 aliphatic rings. The zero-order valence-corrected chi connectivity index (χ0v) is 10.8. The van der Waals surface area contributed by atoms with Crippen LogP contribution in [0, 0.1) is 0 Å². The number of benzene rings is 1. The first-order chi connectivity index (χ1) is 8.20. The van der Waals surface area contributed by atoms with Crippen molar-refractivity contribution >= 4 is 11.6 Å². The molecule has 3 nitrogen and oxygen atoms in total. The lowest BCUT2D eigenvalue weighted by molar-refractivity contribution is 0.564. The number of hydrogen-bond acceptors (Lipinski definition) is 2. The van der Waals surface area contributed by atoms with Gasteiger partial charge >= 0.3 is 0 Å². The molecule has 90 valence electrons. The number of rotatable bonds is 4. The first-order valence-electron chi connectivity index (χ1n) is 5.59. The minimum atomic E-state index is 0.231. The van der Waals surface area contributed by atoms with Crippen molar-refractivity contribution in [2.24, 2.45) is 7.05 Å². The van der Waals surface area contributed by atoms with Crippen LogP contribution in [-0.4, -0.2) is 16.6 Å². The summed E-state index contributed by atoms with van der Waals surface area (Å²) in [5.41, 5.74) is 1.18. The second kappa shape index (κ2) is 5.34. The minimum Gasteiger partial charge on any atom is -0.338 e. The van der Waals surface area contributed by atoms with Gasteiger partial charge in [0.2, 0.25) is 0 Å². The Labute approximate surface area is 106 Å². The average molecular weight is 250 g/mol. The van der Waals surface area contributed by atoms with Crippen molar-refractivity contribution in [1.82, 2.24) is 14.9 Å². The molecule has 17 heavy (non-hydrogen) atoms. The van der Waals surface area contributed by atoms with Crippen LogP contribution in [0.4, 0.5) is 0 Å². The number of likely N-dealkylation sites (N-methyl/N-ethyl adjacent to an activating group) is 1. The van der Waals surface area contributed by atoms with Crippen molar-refractivity contribution in [1.29, 1.82) is 0 Å². The zero-order chi connectivity index (χ0) is 12.3. The fraction of sp³-hybridized carbons (Fsp3) is 0.308. The van der Waals surface area contributed by atoms with Gasteiger partial charge in [0.15, 0.2) is 0 Å². The smallest absolute Gasteiger partial charge is 0.110 e. The van der Waals surface area contributed by atoms with Gasteiger partial charge in [-0.05, 0) is 24.7 Å². The van der Waals surface area contributed by atoms with Crippen molar-refractivity contribution in [3.63, 3.8) is 0 Å². The lowest BCUT2D eigenvalue weighted by Crippen LogP contribution is -2.20. The van der Waals surface area contributed by atoms with Crippen LogP contribution in [0.5, 0.6) is 0 Å². The highest BCUT2D eigenvalue weighted by Gasteiger charge is 2.12. The van der Waals surface area contributed by atoms with Crippen LogP contribution in [0.3, 0.4) is 0 Å². The molecule has 1 aromatic carbocycles. The van der Waals surface area contributed by atoms with Crippen LogP contribution in [0.1, 0.15) is 17.4 Å². The molecule has 1 unspecified atom stereocenters. The van der Waals surface area contributed by atoms with Crippen molar-refractivity contribution in [3.8, 4) is 0 Å². The van der Waals surface area contributed by atoms with Gasteiger partial charge in [-0.25, -0.2) is 4.98 Å². The number of hydrogen-bond donors (Lipinski definition) is 1. The Bertz CT molecular complexity index is 493. The zero-order valence-electron chi connectivity index (χ0n) is 10.0. The van der Waals surface area contributed by atoms with Gasteiger partial charge in [0.1, 0.15) is 5.82 Å². The molecule has 1 N–H and O–H groups in total. The first-order valence-corrected chi connectivity index (χ1v) is 5.97. The maximum Gasteiger partial charge on any atom is 0.110 e. The fourth-order valence-electron chi connectivity index (χ4n) is 1.89. The molecule has 0 radical (unpaired) electrons. The van der Waals surface area contributed by atoms with Gasteiger partial charge in [-0.3, -0.25) is 0 Å². The van der Waals surface area contributed by atoms with Gasteiger partial charge in [-0.2, -0.15) is 0 Å². The summed E-state index contributed by atoms with van der Waals surface area (Å²) in [6.45, 7) is 0. The Morgan fingerprint density at radius 1 is 1.47 bits per heavy atom. The molecule has 1 heterocycles. The SMILES string of the molecule is CNC(Cc1nccn1C)c1cccc(Cl)c1. The summed E-state index contributed by atoms with van der Waals surface area (Å²) in [5.74, 6) is 1.06. The summed E-state index contributed by atoms with van der Waals surface area (Å²) in [7, 11) is 3.96. The molecule has 0 saturated carbocycles. The van der Waals surface area contributed by atoms with E-state index in [2.05, 4.69) is 16.4 Å². The average Bonchev–Trinajstić information content (AvgIpc) is 2.71. The molecule has 0 amide bonds. The van der Waals surface area contributed by atoms with Gasteiger partial charge in [-0.15, -0.1) is 0 Å². The molecule has 2 rings (SSSR count). The van der Waals surface area contributed by atoms with Gasteiger partial charge in [-0.1, -0.05) is 23.7 Å². The Hall–Kier alpha value is -1.32. The third kappa shape index (κ3) is 2.87. The highest BCUT2D eigenvalue weighted by atomic mass is 35.5. The molecule has 0 bridgehead atoms. The van der Waals surface area contributed by atoms with E-state index in [-0.39, 0.29) is 6.04 Å². The van der Waals surface area contributed by atoms with E-state index in [0.29, 0.717) is 0 Å². The Kier molecular flexibility index (Phi) is 3.82. The summed E-state index contributed by atoms with van der Waals surface area (Å²) in [5, 5.41) is 4.07. The topological polar surface area (TPSA) is 29.9 Å². The predicted octanol–water partition coefficient (Wildman–Crippen LogP) is 2.58. The molecule has 0 fully saturated rings. The van der Waals surface area contributed by atoms with E-state index in [1.54, 1.807) is 0 Å². The summed E-state index contributed by atoms with van der Waals surface area (Å²) in [6.07, 6.45) is 4.63. The van der Waals surface area contributed by atoms with Gasteiger partial charge in [0, 0.05) is 36.9 Å². The van der Waals surface area contributed by atoms with Crippen LogP contribution >= 0.6 is 11.6 Å². The second-order valence-electron chi connectivity index (χ2n) is 4.05. The Morgan fingerprint density at radius 2 is 2.29 bits per heavy atom. The van der Waals surface area contributed by atoms with E-state index in [1.165, 1.54) is 5.56 Å². The molecule has 2 aromatic rings. The molecular formula is C13H16ClN3. The van der Waals surface area contributed by atoms with Gasteiger partial charge in [0.05, 0.1) is 0 Å². The molecule has 0 aliphatic heterocycles. The van der Waals surface area contributed by atoms with E-state index in [4.69, 9.17) is 11.6 Å². The molecule has 1 aromatic heterocycles. The number of aryl methyl sites for hydroxylation is 1. The lowest BCUT2D eigenvalue weighted by Gasteiger charge is -2.16. The number of imidazole rings is 1. The van der Waals surface area contributed by atoms with E-state index >= 15 is 0 Å². The molecular weight excluding hydrogens is 234 g/mol. The lowest BCUT2D eigenvalue weighted by atomic mass is 10.0. The maximum atomic E-state index is 6.01. The van der Waals surface area contributed by atoms with Crippen LogP contribution in [0.25, 0.3) is 0 Å². The van der Waals surface area contributed by atoms with E-state index in [1.807, 2.05) is 49.3 Å². The Morgan fingerprint density at radius 3 is 2.88 bits per heavy atom. The highest BCUT2D eigenvalue weighted by Crippen LogP contribution is 2.20. The fourth-order valence-corrected chi connectivity index (χ4v) is 2.08. The second-order valence-corrected chi connectivity index (χ2v) is 4.49. The number of aromatic nitrogens is 2. The van der Waals surface area contributed by atoms with Crippen molar-refractivity contribution in [2.75, 3.05) is 7.05 Å². The van der Waals surface area contributed by atoms with E-state index in [9.17, 15) is 0 Å². The Balaban J connectivity index is 2.20. The quantitative estimate of drug-likeness (QED) is 0.903. The van der Waals surface area contributed by atoms with Crippen LogP contribution in [0.15, 0.2) is 36.7 Å². The first kappa shape index (κ1) is 12.1. The normalized spacial score (nSPS) is 12.6. The van der Waals surface area contributed by atoms with Crippen LogP contribution < -0.4 is 5.32 Å². The number of nitrogens with zero attached hydrogens (tertiary/aromatic N) is 2. The minimum absolute atomic E-state index is 0.231. The van der Waals surface area contributed by atoms with E-state index in [0.717, 1.165) is 17.3 Å². The standard InChI is InChI=1S/C13H16ClN3/c1-15-12(9-13-16-6-7-17(13)2)10-4-3-5-11(14)8-10/h3-8,12,15H,9H2,1-2H3. The van der Waals surface area contributed by atoms with Crippen LogP contribution in [-0.2, 0) is 13.5 Å². The van der Waals surface area contributed by atoms with Crippen molar-refractivity contribution in [3.05, 3.63) is 53.1 Å². The summed E-state index contributed by atoms with van der Waals surface area (Å²) < 4.78 is 2.04. The number of halogens is 1. The molecule has 0 saturated heterocycles. The summed E-state index contributed by atoms with van der Waals surface area (Å²) >= 11 is 6.01. The van der Waals surface area contributed by atoms with E-state index < -0.39 is 0 Å². The molecule has 0 aliphatic carbocycles. The monoisotopic (exact) mass is 249 g/mol. The molecule has 1 atom stereocenters. The third-order valence-corrected chi connectivity index (χ3v) is 3.14.